The second-order valence-corrected chi connectivity index (χ2v) is 2.53. The molecule has 0 amide bonds. The highest BCUT2D eigenvalue weighted by Crippen LogP contribution is 2.16. The normalized spacial score (nSPS) is 12.2. The lowest BCUT2D eigenvalue weighted by Crippen LogP contribution is -2.09. The summed E-state index contributed by atoms with van der Waals surface area (Å²) in [6.45, 7) is 1.44. The molecule has 0 aliphatic rings. The Kier molecular flexibility index (Phi) is 4.93. The molecule has 0 unspecified atom stereocenters. The first-order valence-electron chi connectivity index (χ1n) is 3.62. The summed E-state index contributed by atoms with van der Waals surface area (Å²) in [5.41, 5.74) is 5.59. The van der Waals surface area contributed by atoms with Gasteiger partial charge in [-0.05, 0) is 25.5 Å². The van der Waals surface area contributed by atoms with E-state index in [1.807, 2.05) is 13.0 Å². The van der Waals surface area contributed by atoms with E-state index in [-0.39, 0.29) is 18.4 Å². The molecule has 12 heavy (non-hydrogen) atoms. The van der Waals surface area contributed by atoms with E-state index in [0.717, 1.165) is 5.76 Å². The number of rotatable bonds is 3. The van der Waals surface area contributed by atoms with Crippen molar-refractivity contribution in [3.05, 3.63) is 23.7 Å². The number of hydrogen-bond acceptors (Lipinski definition) is 2. The average molecular weight is 194 g/mol. The Morgan fingerprint density at radius 1 is 1.58 bits per heavy atom. The van der Waals surface area contributed by atoms with Crippen LogP contribution in [0.5, 0.6) is 0 Å². The maximum atomic E-state index is 11.8. The van der Waals surface area contributed by atoms with Gasteiger partial charge in [0.25, 0.3) is 0 Å². The lowest BCUT2D eigenvalue weighted by Gasteiger charge is -2.03. The van der Waals surface area contributed by atoms with Gasteiger partial charge in [-0.2, -0.15) is 0 Å². The summed E-state index contributed by atoms with van der Waals surface area (Å²) in [5, 5.41) is 0. The van der Waals surface area contributed by atoms with Gasteiger partial charge in [-0.3, -0.25) is 4.39 Å². The molecule has 0 saturated heterocycles. The van der Waals surface area contributed by atoms with Crippen LogP contribution in [0, 0.1) is 6.92 Å². The summed E-state index contributed by atoms with van der Waals surface area (Å²) < 4.78 is 17.0. The van der Waals surface area contributed by atoms with Gasteiger partial charge >= 0.3 is 0 Å². The van der Waals surface area contributed by atoms with Crippen molar-refractivity contribution in [3.63, 3.8) is 0 Å². The van der Waals surface area contributed by atoms with Crippen LogP contribution < -0.4 is 5.73 Å². The summed E-state index contributed by atoms with van der Waals surface area (Å²) >= 11 is 0. The van der Waals surface area contributed by atoms with Crippen LogP contribution in [-0.2, 0) is 0 Å². The Morgan fingerprint density at radius 3 is 2.67 bits per heavy atom. The zero-order valence-corrected chi connectivity index (χ0v) is 7.73. The molecular formula is C8H13ClFNO. The van der Waals surface area contributed by atoms with Gasteiger partial charge in [0.2, 0.25) is 0 Å². The van der Waals surface area contributed by atoms with Gasteiger partial charge in [0.05, 0.1) is 12.7 Å². The van der Waals surface area contributed by atoms with Gasteiger partial charge in [0.1, 0.15) is 11.5 Å². The van der Waals surface area contributed by atoms with Crippen LogP contribution in [0.15, 0.2) is 16.5 Å². The van der Waals surface area contributed by atoms with Crippen LogP contribution >= 0.6 is 12.4 Å². The van der Waals surface area contributed by atoms with Crippen LogP contribution in [0.2, 0.25) is 0 Å². The Balaban J connectivity index is 0.00000121. The fourth-order valence-corrected chi connectivity index (χ4v) is 0.913. The van der Waals surface area contributed by atoms with Crippen molar-refractivity contribution in [1.82, 2.24) is 0 Å². The van der Waals surface area contributed by atoms with Crippen molar-refractivity contribution >= 4 is 12.4 Å². The van der Waals surface area contributed by atoms with E-state index in [0.29, 0.717) is 12.2 Å². The predicted octanol–water partition coefficient (Wildman–Crippen LogP) is 2.37. The van der Waals surface area contributed by atoms with E-state index in [4.69, 9.17) is 10.2 Å². The Bertz CT molecular complexity index is 227. The third-order valence-electron chi connectivity index (χ3n) is 1.55. The maximum Gasteiger partial charge on any atom is 0.120 e. The van der Waals surface area contributed by atoms with Crippen LogP contribution in [0.1, 0.15) is 24.0 Å². The van der Waals surface area contributed by atoms with Gasteiger partial charge in [-0.1, -0.05) is 0 Å². The molecule has 1 aromatic rings. The summed E-state index contributed by atoms with van der Waals surface area (Å²) in [4.78, 5) is 0. The van der Waals surface area contributed by atoms with Crippen LogP contribution in [0.4, 0.5) is 4.39 Å². The van der Waals surface area contributed by atoms with E-state index in [1.165, 1.54) is 0 Å². The highest BCUT2D eigenvalue weighted by molar-refractivity contribution is 5.85. The van der Waals surface area contributed by atoms with Crippen molar-refractivity contribution in [2.75, 3.05) is 6.67 Å². The van der Waals surface area contributed by atoms with Gasteiger partial charge in [-0.25, -0.2) is 0 Å². The summed E-state index contributed by atoms with van der Waals surface area (Å²) in [5.74, 6) is 1.48. The summed E-state index contributed by atoms with van der Waals surface area (Å²) in [7, 11) is 0. The molecule has 0 bridgehead atoms. The zero-order chi connectivity index (χ0) is 8.27. The topological polar surface area (TPSA) is 39.2 Å². The molecule has 0 spiro atoms. The third-order valence-corrected chi connectivity index (χ3v) is 1.55. The number of alkyl halides is 1. The molecule has 2 nitrogen and oxygen atoms in total. The van der Waals surface area contributed by atoms with E-state index in [1.54, 1.807) is 6.07 Å². The SMILES string of the molecule is Cc1ccc([C@H](N)CCF)o1.Cl. The molecule has 0 saturated carbocycles. The zero-order valence-electron chi connectivity index (χ0n) is 6.92. The molecule has 2 N–H and O–H groups in total. The molecule has 0 radical (unpaired) electrons. The number of nitrogens with two attached hydrogens (primary N) is 1. The molecule has 0 aliphatic heterocycles. The Hall–Kier alpha value is -0.540. The molecule has 70 valence electrons. The smallest absolute Gasteiger partial charge is 0.120 e. The van der Waals surface area contributed by atoms with Crippen molar-refractivity contribution in [3.8, 4) is 0 Å². The largest absolute Gasteiger partial charge is 0.465 e. The van der Waals surface area contributed by atoms with Gasteiger partial charge in [-0.15, -0.1) is 12.4 Å². The minimum atomic E-state index is -0.402. The standard InChI is InChI=1S/C8H12FNO.ClH/c1-6-2-3-8(11-6)7(10)4-5-9;/h2-3,7H,4-5,10H2,1H3;1H/t7-;/m1./s1. The van der Waals surface area contributed by atoms with E-state index >= 15 is 0 Å². The fraction of sp³-hybridized carbons (Fsp3) is 0.500. The molecule has 4 heteroatoms. The van der Waals surface area contributed by atoms with Crippen molar-refractivity contribution in [1.29, 1.82) is 0 Å². The van der Waals surface area contributed by atoms with Crippen molar-refractivity contribution in [2.45, 2.75) is 19.4 Å². The van der Waals surface area contributed by atoms with Crippen LogP contribution in [-0.4, -0.2) is 6.67 Å². The molecule has 1 aromatic heterocycles. The lowest BCUT2D eigenvalue weighted by atomic mass is 10.2. The number of halogens is 2. The quantitative estimate of drug-likeness (QED) is 0.801. The maximum absolute atomic E-state index is 11.8. The van der Waals surface area contributed by atoms with Gasteiger partial charge in [0, 0.05) is 0 Å². The first kappa shape index (κ1) is 11.5. The summed E-state index contributed by atoms with van der Waals surface area (Å²) in [6, 6.07) is 3.32. The van der Waals surface area contributed by atoms with Crippen LogP contribution in [0.3, 0.4) is 0 Å². The number of hydrogen-bond donors (Lipinski definition) is 1. The number of furan rings is 1. The number of aryl methyl sites for hydroxylation is 1. The Morgan fingerprint density at radius 2 is 2.25 bits per heavy atom. The Labute approximate surface area is 77.3 Å². The fourth-order valence-electron chi connectivity index (χ4n) is 0.913. The lowest BCUT2D eigenvalue weighted by molar-refractivity contribution is 0.389. The van der Waals surface area contributed by atoms with E-state index in [9.17, 15) is 4.39 Å². The van der Waals surface area contributed by atoms with Crippen molar-refractivity contribution < 1.29 is 8.81 Å². The van der Waals surface area contributed by atoms with Crippen LogP contribution in [0.25, 0.3) is 0 Å². The van der Waals surface area contributed by atoms with E-state index < -0.39 is 6.67 Å². The average Bonchev–Trinajstić information content (AvgIpc) is 2.36. The summed E-state index contributed by atoms with van der Waals surface area (Å²) in [6.07, 6.45) is 0.326. The van der Waals surface area contributed by atoms with E-state index in [2.05, 4.69) is 0 Å². The predicted molar refractivity (Wildman–Crippen MR) is 48.2 cm³/mol. The molecule has 0 fully saturated rings. The monoisotopic (exact) mass is 193 g/mol. The molecule has 1 rings (SSSR count). The second kappa shape index (κ2) is 5.17. The first-order chi connectivity index (χ1) is 5.24. The van der Waals surface area contributed by atoms with Gasteiger partial charge < -0.3 is 10.2 Å². The first-order valence-corrected chi connectivity index (χ1v) is 3.62. The molecule has 0 aromatic carbocycles. The molecule has 0 aliphatic carbocycles. The minimum absolute atomic E-state index is 0. The highest BCUT2D eigenvalue weighted by Gasteiger charge is 2.08. The highest BCUT2D eigenvalue weighted by atomic mass is 35.5. The molecule has 1 atom stereocenters. The molecule has 1 heterocycles. The second-order valence-electron chi connectivity index (χ2n) is 2.53. The minimum Gasteiger partial charge on any atom is -0.465 e. The molecular weight excluding hydrogens is 181 g/mol. The van der Waals surface area contributed by atoms with Gasteiger partial charge in [0.15, 0.2) is 0 Å². The van der Waals surface area contributed by atoms with Crippen molar-refractivity contribution in [2.24, 2.45) is 5.73 Å². The third kappa shape index (κ3) is 2.83.